The number of pyridine rings is 1. The Morgan fingerprint density at radius 2 is 2.11 bits per heavy atom. The molecule has 0 saturated heterocycles. The second-order valence-corrected chi connectivity index (χ2v) is 8.34. The molecule has 2 aromatic heterocycles. The van der Waals surface area contributed by atoms with E-state index in [0.29, 0.717) is 12.1 Å². The minimum atomic E-state index is -0.0679. The summed E-state index contributed by atoms with van der Waals surface area (Å²) in [5.74, 6) is 0.825. The summed E-state index contributed by atoms with van der Waals surface area (Å²) in [6.45, 7) is 6.98. The van der Waals surface area contributed by atoms with Gasteiger partial charge in [-0.25, -0.2) is 4.98 Å². The number of fused-ring (bicyclic) bond motifs is 1. The van der Waals surface area contributed by atoms with Gasteiger partial charge in [0, 0.05) is 47.3 Å². The average molecular weight is 379 g/mol. The number of anilines is 3. The third-order valence-corrected chi connectivity index (χ3v) is 5.11. The van der Waals surface area contributed by atoms with Crippen molar-refractivity contribution in [2.75, 3.05) is 16.8 Å². The molecule has 6 nitrogen and oxygen atoms in total. The van der Waals surface area contributed by atoms with Crippen molar-refractivity contribution in [3.05, 3.63) is 59.7 Å². The van der Waals surface area contributed by atoms with Crippen LogP contribution in [0.2, 0.25) is 0 Å². The van der Waals surface area contributed by atoms with Gasteiger partial charge in [0.25, 0.3) is 5.91 Å². The number of nitrogens with zero attached hydrogens (tertiary/aromatic N) is 4. The molecule has 4 rings (SSSR count). The van der Waals surface area contributed by atoms with E-state index < -0.39 is 0 Å². The van der Waals surface area contributed by atoms with Crippen LogP contribution in [0.25, 0.3) is 0 Å². The highest BCUT2D eigenvalue weighted by atomic mass is 32.1. The molecule has 0 fully saturated rings. The predicted octanol–water partition coefficient (Wildman–Crippen LogP) is 4.18. The first-order valence-electron chi connectivity index (χ1n) is 8.88. The molecule has 138 valence electrons. The Bertz CT molecular complexity index is 978. The van der Waals surface area contributed by atoms with Crippen LogP contribution in [-0.4, -0.2) is 26.8 Å². The number of amides is 1. The molecule has 0 aliphatic carbocycles. The molecule has 0 radical (unpaired) electrons. The van der Waals surface area contributed by atoms with Crippen molar-refractivity contribution >= 4 is 33.9 Å². The quantitative estimate of drug-likeness (QED) is 0.739. The van der Waals surface area contributed by atoms with Gasteiger partial charge in [0.1, 0.15) is 5.82 Å². The van der Waals surface area contributed by atoms with Gasteiger partial charge in [0.2, 0.25) is 5.13 Å². The predicted molar refractivity (Wildman–Crippen MR) is 108 cm³/mol. The molecule has 1 aromatic carbocycles. The number of carbonyl (C=O) groups excluding carboxylic acids is 1. The van der Waals surface area contributed by atoms with Crippen molar-refractivity contribution in [1.82, 2.24) is 14.3 Å². The Hall–Kier alpha value is -2.80. The van der Waals surface area contributed by atoms with E-state index >= 15 is 0 Å². The molecule has 0 atom stereocenters. The number of rotatable bonds is 3. The summed E-state index contributed by atoms with van der Waals surface area (Å²) >= 11 is 1.36. The lowest BCUT2D eigenvalue weighted by Crippen LogP contribution is -2.28. The first-order chi connectivity index (χ1) is 12.9. The molecule has 27 heavy (non-hydrogen) atoms. The fourth-order valence-corrected chi connectivity index (χ4v) is 3.82. The molecule has 0 saturated carbocycles. The SMILES string of the molecule is CC(C)(C)c1nsc(Nc2ccc3c(c2)CCN3C(=O)c2cccnc2)n1. The van der Waals surface area contributed by atoms with Gasteiger partial charge in [-0.1, -0.05) is 20.8 Å². The lowest BCUT2D eigenvalue weighted by Gasteiger charge is -2.17. The Kier molecular flexibility index (Phi) is 4.39. The molecule has 1 amide bonds. The third-order valence-electron chi connectivity index (χ3n) is 4.48. The standard InChI is InChI=1S/C20H21N5OS/c1-20(2,3)18-23-19(27-24-18)22-15-6-7-16-13(11-15)8-10-25(16)17(26)14-5-4-9-21-12-14/h4-7,9,11-12H,8,10H2,1-3H3,(H,22,23,24). The first-order valence-corrected chi connectivity index (χ1v) is 9.65. The van der Waals surface area contributed by atoms with Crippen LogP contribution in [0, 0.1) is 0 Å². The topological polar surface area (TPSA) is 71.0 Å². The molecule has 1 N–H and O–H groups in total. The Morgan fingerprint density at radius 1 is 1.26 bits per heavy atom. The van der Waals surface area contributed by atoms with E-state index in [2.05, 4.69) is 46.5 Å². The van der Waals surface area contributed by atoms with Crippen molar-refractivity contribution in [2.24, 2.45) is 0 Å². The third kappa shape index (κ3) is 3.55. The van der Waals surface area contributed by atoms with E-state index in [1.165, 1.54) is 11.5 Å². The van der Waals surface area contributed by atoms with Crippen LogP contribution in [0.3, 0.4) is 0 Å². The summed E-state index contributed by atoms with van der Waals surface area (Å²) in [5.41, 5.74) is 3.61. The van der Waals surface area contributed by atoms with Crippen molar-refractivity contribution in [3.63, 3.8) is 0 Å². The number of nitrogens with one attached hydrogen (secondary N) is 1. The lowest BCUT2D eigenvalue weighted by molar-refractivity contribution is 0.0989. The van der Waals surface area contributed by atoms with Gasteiger partial charge in [-0.05, 0) is 42.3 Å². The number of carbonyl (C=O) groups is 1. The van der Waals surface area contributed by atoms with Crippen molar-refractivity contribution in [2.45, 2.75) is 32.6 Å². The lowest BCUT2D eigenvalue weighted by atomic mass is 9.96. The highest BCUT2D eigenvalue weighted by molar-refractivity contribution is 7.09. The molecular formula is C20H21N5OS. The van der Waals surface area contributed by atoms with Crippen LogP contribution >= 0.6 is 11.5 Å². The number of hydrogen-bond donors (Lipinski definition) is 1. The molecule has 3 aromatic rings. The smallest absolute Gasteiger partial charge is 0.259 e. The van der Waals surface area contributed by atoms with Crippen LogP contribution in [0.4, 0.5) is 16.5 Å². The van der Waals surface area contributed by atoms with Gasteiger partial charge < -0.3 is 10.2 Å². The Balaban J connectivity index is 1.53. The molecule has 0 spiro atoms. The Morgan fingerprint density at radius 3 is 2.81 bits per heavy atom. The van der Waals surface area contributed by atoms with Gasteiger partial charge in [-0.15, -0.1) is 0 Å². The second-order valence-electron chi connectivity index (χ2n) is 7.59. The zero-order chi connectivity index (χ0) is 19.0. The maximum Gasteiger partial charge on any atom is 0.259 e. The normalized spacial score (nSPS) is 13.5. The van der Waals surface area contributed by atoms with Crippen LogP contribution in [0.1, 0.15) is 42.5 Å². The molecule has 1 aliphatic rings. The summed E-state index contributed by atoms with van der Waals surface area (Å²) in [6, 6.07) is 9.64. The molecule has 3 heterocycles. The fraction of sp³-hybridized carbons (Fsp3) is 0.300. The number of benzene rings is 1. The van der Waals surface area contributed by atoms with Crippen molar-refractivity contribution in [1.29, 1.82) is 0 Å². The Labute approximate surface area is 162 Å². The van der Waals surface area contributed by atoms with E-state index in [-0.39, 0.29) is 11.3 Å². The minimum Gasteiger partial charge on any atom is -0.330 e. The van der Waals surface area contributed by atoms with E-state index in [1.807, 2.05) is 17.0 Å². The van der Waals surface area contributed by atoms with Crippen LogP contribution < -0.4 is 10.2 Å². The summed E-state index contributed by atoms with van der Waals surface area (Å²) in [5, 5.41) is 4.11. The van der Waals surface area contributed by atoms with Gasteiger partial charge in [0.05, 0.1) is 5.56 Å². The van der Waals surface area contributed by atoms with E-state index in [4.69, 9.17) is 0 Å². The largest absolute Gasteiger partial charge is 0.330 e. The zero-order valence-corrected chi connectivity index (χ0v) is 16.4. The fourth-order valence-electron chi connectivity index (χ4n) is 3.04. The summed E-state index contributed by atoms with van der Waals surface area (Å²) in [6.07, 6.45) is 4.12. The van der Waals surface area contributed by atoms with E-state index in [0.717, 1.165) is 34.3 Å². The molecule has 0 unspecified atom stereocenters. The van der Waals surface area contributed by atoms with E-state index in [9.17, 15) is 4.79 Å². The number of hydrogen-bond acceptors (Lipinski definition) is 6. The van der Waals surface area contributed by atoms with Crippen LogP contribution in [0.5, 0.6) is 0 Å². The summed E-state index contributed by atoms with van der Waals surface area (Å²) < 4.78 is 4.43. The van der Waals surface area contributed by atoms with Crippen molar-refractivity contribution < 1.29 is 4.79 Å². The summed E-state index contributed by atoms with van der Waals surface area (Å²) in [4.78, 5) is 23.2. The van der Waals surface area contributed by atoms with E-state index in [1.54, 1.807) is 24.5 Å². The maximum atomic E-state index is 12.7. The molecule has 7 heteroatoms. The molecular weight excluding hydrogens is 358 g/mol. The highest BCUT2D eigenvalue weighted by Gasteiger charge is 2.26. The molecule has 0 bridgehead atoms. The average Bonchev–Trinajstić information content (AvgIpc) is 3.28. The molecule has 1 aliphatic heterocycles. The van der Waals surface area contributed by atoms with Gasteiger partial charge in [-0.3, -0.25) is 9.78 Å². The van der Waals surface area contributed by atoms with Crippen molar-refractivity contribution in [3.8, 4) is 0 Å². The van der Waals surface area contributed by atoms with Crippen LogP contribution in [0.15, 0.2) is 42.7 Å². The highest BCUT2D eigenvalue weighted by Crippen LogP contribution is 2.33. The maximum absolute atomic E-state index is 12.7. The van der Waals surface area contributed by atoms with Gasteiger partial charge in [-0.2, -0.15) is 4.37 Å². The van der Waals surface area contributed by atoms with Gasteiger partial charge in [0.15, 0.2) is 0 Å². The minimum absolute atomic E-state index is 0.0125. The zero-order valence-electron chi connectivity index (χ0n) is 15.6. The summed E-state index contributed by atoms with van der Waals surface area (Å²) in [7, 11) is 0. The first kappa shape index (κ1) is 17.6. The van der Waals surface area contributed by atoms with Crippen LogP contribution in [-0.2, 0) is 11.8 Å². The van der Waals surface area contributed by atoms with Gasteiger partial charge >= 0.3 is 0 Å². The monoisotopic (exact) mass is 379 g/mol. The number of aromatic nitrogens is 3. The second kappa shape index (κ2) is 6.74.